The van der Waals surface area contributed by atoms with Gasteiger partial charge in [0.15, 0.2) is 0 Å². The molecular weight excluding hydrogens is 218 g/mol. The molecule has 1 aliphatic heterocycles. The summed E-state index contributed by atoms with van der Waals surface area (Å²) >= 11 is 0. The third kappa shape index (κ3) is 3.64. The Morgan fingerprint density at radius 1 is 1.41 bits per heavy atom. The number of nitrogens with zero attached hydrogens (tertiary/aromatic N) is 2. The monoisotopic (exact) mass is 237 g/mol. The number of nitrogens with one attached hydrogen (secondary N) is 1. The van der Waals surface area contributed by atoms with Crippen LogP contribution < -0.4 is 10.1 Å². The molecule has 17 heavy (non-hydrogen) atoms. The lowest BCUT2D eigenvalue weighted by atomic mass is 10.2. The van der Waals surface area contributed by atoms with Crippen molar-refractivity contribution >= 4 is 0 Å². The summed E-state index contributed by atoms with van der Waals surface area (Å²) in [5.74, 6) is 1.35. The van der Waals surface area contributed by atoms with Crippen molar-refractivity contribution in [3.63, 3.8) is 0 Å². The number of morpholine rings is 1. The van der Waals surface area contributed by atoms with Gasteiger partial charge in [-0.05, 0) is 20.8 Å². The molecule has 0 saturated carbocycles. The van der Waals surface area contributed by atoms with E-state index in [1.807, 2.05) is 19.9 Å². The van der Waals surface area contributed by atoms with Gasteiger partial charge in [-0.3, -0.25) is 0 Å². The van der Waals surface area contributed by atoms with E-state index in [9.17, 15) is 0 Å². The summed E-state index contributed by atoms with van der Waals surface area (Å²) in [7, 11) is 0. The van der Waals surface area contributed by atoms with Crippen LogP contribution in [-0.4, -0.2) is 41.9 Å². The molecule has 0 aromatic carbocycles. The Hall–Kier alpha value is -1.20. The van der Waals surface area contributed by atoms with E-state index < -0.39 is 0 Å². The summed E-state index contributed by atoms with van der Waals surface area (Å²) in [6.45, 7) is 8.10. The van der Waals surface area contributed by atoms with E-state index in [1.165, 1.54) is 0 Å². The van der Waals surface area contributed by atoms with Gasteiger partial charge in [0.1, 0.15) is 18.5 Å². The fourth-order valence-corrected chi connectivity index (χ4v) is 1.91. The van der Waals surface area contributed by atoms with Crippen molar-refractivity contribution in [2.45, 2.75) is 33.0 Å². The van der Waals surface area contributed by atoms with Gasteiger partial charge < -0.3 is 14.8 Å². The molecule has 1 N–H and O–H groups in total. The van der Waals surface area contributed by atoms with E-state index in [0.717, 1.165) is 24.6 Å². The molecule has 0 aliphatic carbocycles. The summed E-state index contributed by atoms with van der Waals surface area (Å²) in [6, 6.07) is 1.84. The molecule has 2 rings (SSSR count). The topological polar surface area (TPSA) is 56.3 Å². The Kier molecular flexibility index (Phi) is 3.91. The van der Waals surface area contributed by atoms with Crippen LogP contribution in [0.25, 0.3) is 0 Å². The summed E-state index contributed by atoms with van der Waals surface area (Å²) in [6.07, 6.45) is 0.334. The number of hydrogen-bond donors (Lipinski definition) is 1. The summed E-state index contributed by atoms with van der Waals surface area (Å²) < 4.78 is 11.4. The van der Waals surface area contributed by atoms with Crippen LogP contribution in [0.15, 0.2) is 6.07 Å². The summed E-state index contributed by atoms with van der Waals surface area (Å²) in [4.78, 5) is 8.43. The zero-order chi connectivity index (χ0) is 12.3. The van der Waals surface area contributed by atoms with Crippen molar-refractivity contribution in [1.29, 1.82) is 0 Å². The molecule has 1 fully saturated rings. The maximum Gasteiger partial charge on any atom is 0.216 e. The molecule has 2 heterocycles. The van der Waals surface area contributed by atoms with Crippen LogP contribution in [-0.2, 0) is 4.74 Å². The van der Waals surface area contributed by atoms with E-state index >= 15 is 0 Å². The third-order valence-corrected chi connectivity index (χ3v) is 2.59. The molecule has 0 radical (unpaired) electrons. The standard InChI is InChI=1S/C12H19N3O2/c1-8-4-12(15-10(3)14-8)16-7-11-6-13-5-9(2)17-11/h4,9,11,13H,5-7H2,1-3H3. The van der Waals surface area contributed by atoms with Crippen molar-refractivity contribution in [2.75, 3.05) is 19.7 Å². The minimum Gasteiger partial charge on any atom is -0.475 e. The molecule has 1 saturated heterocycles. The SMILES string of the molecule is Cc1cc(OCC2CNCC(C)O2)nc(C)n1. The smallest absolute Gasteiger partial charge is 0.216 e. The van der Waals surface area contributed by atoms with Gasteiger partial charge in [-0.25, -0.2) is 4.98 Å². The second-order valence-electron chi connectivity index (χ2n) is 4.43. The fraction of sp³-hybridized carbons (Fsp3) is 0.667. The van der Waals surface area contributed by atoms with Crippen LogP contribution in [0.4, 0.5) is 0 Å². The minimum absolute atomic E-state index is 0.0920. The number of aryl methyl sites for hydroxylation is 2. The Labute approximate surface area is 102 Å². The highest BCUT2D eigenvalue weighted by Gasteiger charge is 2.19. The lowest BCUT2D eigenvalue weighted by Crippen LogP contribution is -2.45. The first-order valence-corrected chi connectivity index (χ1v) is 5.95. The van der Waals surface area contributed by atoms with E-state index in [4.69, 9.17) is 9.47 Å². The van der Waals surface area contributed by atoms with Gasteiger partial charge in [0.2, 0.25) is 5.88 Å². The highest BCUT2D eigenvalue weighted by atomic mass is 16.5. The van der Waals surface area contributed by atoms with Crippen molar-refractivity contribution in [3.8, 4) is 5.88 Å². The maximum atomic E-state index is 5.74. The molecular formula is C12H19N3O2. The van der Waals surface area contributed by atoms with Crippen LogP contribution in [0.1, 0.15) is 18.4 Å². The van der Waals surface area contributed by atoms with Gasteiger partial charge in [-0.2, -0.15) is 4.98 Å². The van der Waals surface area contributed by atoms with Crippen LogP contribution in [0.2, 0.25) is 0 Å². The first-order valence-electron chi connectivity index (χ1n) is 5.95. The van der Waals surface area contributed by atoms with E-state index in [2.05, 4.69) is 22.2 Å². The molecule has 94 valence electrons. The van der Waals surface area contributed by atoms with Gasteiger partial charge >= 0.3 is 0 Å². The molecule has 2 atom stereocenters. The average molecular weight is 237 g/mol. The molecule has 0 spiro atoms. The molecule has 1 aromatic heterocycles. The van der Waals surface area contributed by atoms with Crippen molar-refractivity contribution in [1.82, 2.24) is 15.3 Å². The van der Waals surface area contributed by atoms with Crippen LogP contribution in [0, 0.1) is 13.8 Å². The predicted octanol–water partition coefficient (Wildman–Crippen LogP) is 0.849. The number of rotatable bonds is 3. The van der Waals surface area contributed by atoms with Crippen LogP contribution in [0.3, 0.4) is 0 Å². The fourth-order valence-electron chi connectivity index (χ4n) is 1.91. The second-order valence-corrected chi connectivity index (χ2v) is 4.43. The van der Waals surface area contributed by atoms with E-state index in [-0.39, 0.29) is 12.2 Å². The Balaban J connectivity index is 1.88. The van der Waals surface area contributed by atoms with Gasteiger partial charge in [0.25, 0.3) is 0 Å². The predicted molar refractivity (Wildman–Crippen MR) is 64.2 cm³/mol. The quantitative estimate of drug-likeness (QED) is 0.844. The molecule has 5 heteroatoms. The van der Waals surface area contributed by atoms with Gasteiger partial charge in [-0.15, -0.1) is 0 Å². The zero-order valence-electron chi connectivity index (χ0n) is 10.6. The summed E-state index contributed by atoms with van der Waals surface area (Å²) in [5.41, 5.74) is 0.920. The minimum atomic E-state index is 0.0920. The van der Waals surface area contributed by atoms with Crippen molar-refractivity contribution in [2.24, 2.45) is 0 Å². The first kappa shape index (κ1) is 12.3. The second kappa shape index (κ2) is 5.42. The Morgan fingerprint density at radius 3 is 2.94 bits per heavy atom. The van der Waals surface area contributed by atoms with Crippen molar-refractivity contribution in [3.05, 3.63) is 17.6 Å². The van der Waals surface area contributed by atoms with Gasteiger partial charge in [0.05, 0.1) is 6.10 Å². The molecule has 1 aliphatic rings. The van der Waals surface area contributed by atoms with Crippen LogP contribution in [0.5, 0.6) is 5.88 Å². The number of ether oxygens (including phenoxy) is 2. The molecule has 5 nitrogen and oxygen atoms in total. The Bertz CT molecular complexity index is 364. The maximum absolute atomic E-state index is 5.74. The molecule has 0 bridgehead atoms. The zero-order valence-corrected chi connectivity index (χ0v) is 10.6. The highest BCUT2D eigenvalue weighted by molar-refractivity contribution is 5.14. The molecule has 1 aromatic rings. The normalized spacial score (nSPS) is 24.6. The lowest BCUT2D eigenvalue weighted by Gasteiger charge is -2.28. The van der Waals surface area contributed by atoms with Crippen LogP contribution >= 0.6 is 0 Å². The first-order chi connectivity index (χ1) is 8.13. The van der Waals surface area contributed by atoms with Gasteiger partial charge in [0, 0.05) is 24.8 Å². The van der Waals surface area contributed by atoms with Gasteiger partial charge in [-0.1, -0.05) is 0 Å². The lowest BCUT2D eigenvalue weighted by molar-refractivity contribution is -0.0477. The average Bonchev–Trinajstić information content (AvgIpc) is 2.25. The van der Waals surface area contributed by atoms with E-state index in [1.54, 1.807) is 0 Å². The van der Waals surface area contributed by atoms with Crippen molar-refractivity contribution < 1.29 is 9.47 Å². The van der Waals surface area contributed by atoms with E-state index in [0.29, 0.717) is 12.5 Å². The Morgan fingerprint density at radius 2 is 2.24 bits per heavy atom. The third-order valence-electron chi connectivity index (χ3n) is 2.59. The molecule has 0 amide bonds. The highest BCUT2D eigenvalue weighted by Crippen LogP contribution is 2.10. The summed E-state index contributed by atoms with van der Waals surface area (Å²) in [5, 5.41) is 3.31. The largest absolute Gasteiger partial charge is 0.475 e. The number of hydrogen-bond acceptors (Lipinski definition) is 5. The number of aromatic nitrogens is 2. The molecule has 2 unspecified atom stereocenters.